The smallest absolute Gasteiger partial charge is 0.229 e. The van der Waals surface area contributed by atoms with Crippen molar-refractivity contribution in [1.29, 1.82) is 0 Å². The molecule has 3 heterocycles. The third-order valence-electron chi connectivity index (χ3n) is 5.25. The third kappa shape index (κ3) is 4.67. The van der Waals surface area contributed by atoms with Gasteiger partial charge in [0.05, 0.1) is 0 Å². The number of anilines is 3. The van der Waals surface area contributed by atoms with Gasteiger partial charge in [0.25, 0.3) is 0 Å². The van der Waals surface area contributed by atoms with Gasteiger partial charge in [0.1, 0.15) is 18.0 Å². The zero-order chi connectivity index (χ0) is 21.1. The molecule has 1 unspecified atom stereocenters. The van der Waals surface area contributed by atoms with Crippen molar-refractivity contribution >= 4 is 28.1 Å². The maximum Gasteiger partial charge on any atom is 0.229 e. The van der Waals surface area contributed by atoms with E-state index in [9.17, 15) is 4.21 Å². The number of hydrogen-bond acceptors (Lipinski definition) is 8. The molecule has 1 aromatic carbocycles. The van der Waals surface area contributed by atoms with Crippen LogP contribution in [0.15, 0.2) is 46.1 Å². The second kappa shape index (κ2) is 8.91. The van der Waals surface area contributed by atoms with Crippen LogP contribution < -0.4 is 10.2 Å². The predicted molar refractivity (Wildman–Crippen MR) is 117 cm³/mol. The molecule has 1 saturated heterocycles. The molecule has 1 atom stereocenters. The monoisotopic (exact) mass is 426 g/mol. The molecule has 30 heavy (non-hydrogen) atoms. The van der Waals surface area contributed by atoms with Crippen molar-refractivity contribution in [3.63, 3.8) is 0 Å². The van der Waals surface area contributed by atoms with Crippen LogP contribution in [0, 0.1) is 0 Å². The Bertz CT molecular complexity index is 1010. The second-order valence-electron chi connectivity index (χ2n) is 7.77. The first-order chi connectivity index (χ1) is 14.5. The van der Waals surface area contributed by atoms with Crippen molar-refractivity contribution in [3.8, 4) is 0 Å². The van der Waals surface area contributed by atoms with Gasteiger partial charge in [-0.25, -0.2) is 9.97 Å². The summed E-state index contributed by atoms with van der Waals surface area (Å²) < 4.78 is 17.0. The first kappa shape index (κ1) is 20.5. The Balaban J connectivity index is 1.39. The number of rotatable bonds is 6. The van der Waals surface area contributed by atoms with E-state index < -0.39 is 10.8 Å². The normalized spacial score (nSPS) is 16.1. The number of benzene rings is 1. The molecule has 3 aromatic rings. The maximum absolute atomic E-state index is 11.5. The minimum absolute atomic E-state index is 0.273. The van der Waals surface area contributed by atoms with Crippen LogP contribution in [-0.2, 0) is 10.8 Å². The minimum Gasteiger partial charge on any atom is -0.356 e. The van der Waals surface area contributed by atoms with Gasteiger partial charge in [-0.2, -0.15) is 4.98 Å². The van der Waals surface area contributed by atoms with Crippen molar-refractivity contribution in [2.75, 3.05) is 29.6 Å². The van der Waals surface area contributed by atoms with Crippen LogP contribution in [0.4, 0.5) is 17.3 Å². The lowest BCUT2D eigenvalue weighted by Crippen LogP contribution is -2.33. The van der Waals surface area contributed by atoms with Crippen molar-refractivity contribution in [2.24, 2.45) is 0 Å². The van der Waals surface area contributed by atoms with Crippen molar-refractivity contribution in [3.05, 3.63) is 48.4 Å². The van der Waals surface area contributed by atoms with Crippen LogP contribution in [0.2, 0.25) is 0 Å². The fourth-order valence-corrected chi connectivity index (χ4v) is 3.99. The standard InChI is InChI=1S/C21H26N6O2S/c1-14(2)20-25-21(29-26-20)15-8-10-27(11-9-15)19-12-18(22-13-23-19)24-16-4-6-17(7-5-16)30(3)28/h4-7,12-15H,8-11H2,1-3H3,(H,22,23,24). The molecule has 4 rings (SSSR count). The lowest BCUT2D eigenvalue weighted by molar-refractivity contribution is 0.325. The van der Waals surface area contributed by atoms with Gasteiger partial charge in [-0.3, -0.25) is 4.21 Å². The van der Waals surface area contributed by atoms with Gasteiger partial charge in [-0.15, -0.1) is 0 Å². The minimum atomic E-state index is -0.984. The number of aromatic nitrogens is 4. The molecule has 0 aliphatic carbocycles. The molecule has 8 nitrogen and oxygen atoms in total. The molecule has 1 aliphatic rings. The summed E-state index contributed by atoms with van der Waals surface area (Å²) in [6.45, 7) is 5.88. The molecule has 158 valence electrons. The molecule has 0 saturated carbocycles. The number of nitrogens with zero attached hydrogens (tertiary/aromatic N) is 5. The van der Waals surface area contributed by atoms with Crippen LogP contribution in [0.25, 0.3) is 0 Å². The van der Waals surface area contributed by atoms with E-state index in [-0.39, 0.29) is 5.92 Å². The lowest BCUT2D eigenvalue weighted by atomic mass is 9.97. The van der Waals surface area contributed by atoms with Gasteiger partial charge in [-0.05, 0) is 37.1 Å². The fourth-order valence-electron chi connectivity index (χ4n) is 3.47. The van der Waals surface area contributed by atoms with E-state index in [1.807, 2.05) is 30.3 Å². The van der Waals surface area contributed by atoms with Crippen LogP contribution in [0.3, 0.4) is 0 Å². The maximum atomic E-state index is 11.5. The molecule has 1 fully saturated rings. The van der Waals surface area contributed by atoms with Crippen molar-refractivity contribution < 1.29 is 8.73 Å². The summed E-state index contributed by atoms with van der Waals surface area (Å²) in [7, 11) is -0.984. The number of piperidine rings is 1. The van der Waals surface area contributed by atoms with Gasteiger partial charge in [0, 0.05) is 58.6 Å². The summed E-state index contributed by atoms with van der Waals surface area (Å²) in [5.41, 5.74) is 0.893. The van der Waals surface area contributed by atoms with Crippen molar-refractivity contribution in [2.45, 2.75) is 43.4 Å². The Labute approximate surface area is 178 Å². The van der Waals surface area contributed by atoms with Gasteiger partial charge in [0.15, 0.2) is 5.82 Å². The Morgan fingerprint density at radius 2 is 1.90 bits per heavy atom. The van der Waals surface area contributed by atoms with Crippen LogP contribution in [-0.4, -0.2) is 43.7 Å². The lowest BCUT2D eigenvalue weighted by Gasteiger charge is -2.31. The summed E-state index contributed by atoms with van der Waals surface area (Å²) in [5, 5.41) is 7.38. The van der Waals surface area contributed by atoms with Gasteiger partial charge < -0.3 is 14.7 Å². The highest BCUT2D eigenvalue weighted by Gasteiger charge is 2.26. The van der Waals surface area contributed by atoms with Gasteiger partial charge in [-0.1, -0.05) is 19.0 Å². The van der Waals surface area contributed by atoms with E-state index in [0.717, 1.165) is 59.9 Å². The molecular weight excluding hydrogens is 400 g/mol. The number of hydrogen-bond donors (Lipinski definition) is 1. The highest BCUT2D eigenvalue weighted by molar-refractivity contribution is 7.84. The first-order valence-corrected chi connectivity index (χ1v) is 11.7. The summed E-state index contributed by atoms with van der Waals surface area (Å²) in [6.07, 6.45) is 5.14. The molecule has 2 aromatic heterocycles. The molecular formula is C21H26N6O2S. The zero-order valence-electron chi connectivity index (χ0n) is 17.4. The Morgan fingerprint density at radius 3 is 2.53 bits per heavy atom. The van der Waals surface area contributed by atoms with Crippen LogP contribution in [0.5, 0.6) is 0 Å². The fraction of sp³-hybridized carbons (Fsp3) is 0.429. The van der Waals surface area contributed by atoms with Crippen LogP contribution in [0.1, 0.15) is 50.2 Å². The molecule has 9 heteroatoms. The largest absolute Gasteiger partial charge is 0.356 e. The molecule has 0 bridgehead atoms. The summed E-state index contributed by atoms with van der Waals surface area (Å²) >= 11 is 0. The summed E-state index contributed by atoms with van der Waals surface area (Å²) in [6, 6.07) is 9.47. The highest BCUT2D eigenvalue weighted by Crippen LogP contribution is 2.30. The molecule has 0 spiro atoms. The topological polar surface area (TPSA) is 97.0 Å². The van der Waals surface area contributed by atoms with Crippen molar-refractivity contribution in [1.82, 2.24) is 20.1 Å². The Morgan fingerprint density at radius 1 is 1.17 bits per heavy atom. The third-order valence-corrected chi connectivity index (χ3v) is 6.19. The van der Waals surface area contributed by atoms with E-state index >= 15 is 0 Å². The molecule has 1 N–H and O–H groups in total. The van der Waals surface area contributed by atoms with Crippen LogP contribution >= 0.6 is 0 Å². The van der Waals surface area contributed by atoms with E-state index in [2.05, 4.69) is 44.2 Å². The SMILES string of the molecule is CC(C)c1noc(C2CCN(c3cc(Nc4ccc(S(C)=O)cc4)ncn3)CC2)n1. The summed E-state index contributed by atoms with van der Waals surface area (Å²) in [5.74, 6) is 3.71. The van der Waals surface area contributed by atoms with E-state index in [4.69, 9.17) is 4.52 Å². The summed E-state index contributed by atoms with van der Waals surface area (Å²) in [4.78, 5) is 16.4. The average molecular weight is 427 g/mol. The van der Waals surface area contributed by atoms with Gasteiger partial charge >= 0.3 is 0 Å². The highest BCUT2D eigenvalue weighted by atomic mass is 32.2. The molecule has 0 amide bonds. The average Bonchev–Trinajstić information content (AvgIpc) is 3.25. The first-order valence-electron chi connectivity index (χ1n) is 10.1. The Hall–Kier alpha value is -2.81. The Kier molecular flexibility index (Phi) is 6.08. The molecule has 1 aliphatic heterocycles. The number of nitrogens with one attached hydrogen (secondary N) is 1. The second-order valence-corrected chi connectivity index (χ2v) is 9.15. The van der Waals surface area contributed by atoms with Gasteiger partial charge in [0.2, 0.25) is 5.89 Å². The molecule has 0 radical (unpaired) electrons. The van der Waals surface area contributed by atoms with E-state index in [1.54, 1.807) is 12.6 Å². The predicted octanol–water partition coefficient (Wildman–Crippen LogP) is 3.85. The van der Waals surface area contributed by atoms with E-state index in [0.29, 0.717) is 5.92 Å². The zero-order valence-corrected chi connectivity index (χ0v) is 18.2. The van der Waals surface area contributed by atoms with E-state index in [1.165, 1.54) is 0 Å². The quantitative estimate of drug-likeness (QED) is 0.635.